The second kappa shape index (κ2) is 11.3. The number of nitrogens with one attached hydrogen (secondary N) is 2. The molecule has 4 aromatic rings. The number of pyridine rings is 1. The molecule has 38 heavy (non-hydrogen) atoms. The molecule has 0 bridgehead atoms. The van der Waals surface area contributed by atoms with Gasteiger partial charge in [-0.3, -0.25) is 15.0 Å². The average Bonchev–Trinajstić information content (AvgIpc) is 3.46. The highest BCUT2D eigenvalue weighted by atomic mass is 16.5. The molecule has 2 aromatic heterocycles. The fourth-order valence-electron chi connectivity index (χ4n) is 4.74. The number of aromatic nitrogens is 4. The molecule has 0 aliphatic carbocycles. The van der Waals surface area contributed by atoms with Gasteiger partial charge in [-0.25, -0.2) is 9.78 Å². The maximum atomic E-state index is 10.9. The monoisotopic (exact) mass is 514 g/mol. The summed E-state index contributed by atoms with van der Waals surface area (Å²) in [6.45, 7) is 1.99. The van der Waals surface area contributed by atoms with Gasteiger partial charge in [-0.15, -0.1) is 0 Å². The Morgan fingerprint density at radius 3 is 2.55 bits per heavy atom. The molecule has 10 heteroatoms. The molecule has 0 spiro atoms. The molecule has 0 saturated carbocycles. The number of nitrogens with zero attached hydrogens (tertiary/aromatic N) is 4. The highest BCUT2D eigenvalue weighted by Gasteiger charge is 2.39. The predicted molar refractivity (Wildman–Crippen MR) is 142 cm³/mol. The molecule has 1 aliphatic rings. The second-order valence-electron chi connectivity index (χ2n) is 9.26. The Bertz CT molecular complexity index is 1350. The maximum absolute atomic E-state index is 10.9. The van der Waals surface area contributed by atoms with Gasteiger partial charge < -0.3 is 19.9 Å². The number of benzene rings is 2. The van der Waals surface area contributed by atoms with Crippen molar-refractivity contribution in [3.05, 3.63) is 84.4 Å². The maximum Gasteiger partial charge on any atom is 0.341 e. The number of anilines is 1. The zero-order chi connectivity index (χ0) is 26.4. The summed E-state index contributed by atoms with van der Waals surface area (Å²) >= 11 is 0. The van der Waals surface area contributed by atoms with Crippen LogP contribution >= 0.6 is 0 Å². The van der Waals surface area contributed by atoms with Crippen molar-refractivity contribution in [2.45, 2.75) is 24.9 Å². The summed E-state index contributed by atoms with van der Waals surface area (Å²) in [5.74, 6) is 1.37. The van der Waals surface area contributed by atoms with Gasteiger partial charge in [0.1, 0.15) is 0 Å². The lowest BCUT2D eigenvalue weighted by Crippen LogP contribution is -2.47. The Kier molecular flexibility index (Phi) is 7.50. The van der Waals surface area contributed by atoms with Gasteiger partial charge in [0.05, 0.1) is 12.6 Å². The average molecular weight is 515 g/mol. The van der Waals surface area contributed by atoms with Crippen LogP contribution in [0.1, 0.15) is 24.2 Å². The normalized spacial score (nSPS) is 15.1. The molecule has 10 nitrogen and oxygen atoms in total. The van der Waals surface area contributed by atoms with Crippen molar-refractivity contribution < 1.29 is 19.4 Å². The quantitative estimate of drug-likeness (QED) is 0.288. The van der Waals surface area contributed by atoms with E-state index in [1.807, 2.05) is 42.5 Å². The van der Waals surface area contributed by atoms with Crippen LogP contribution in [0.5, 0.6) is 11.5 Å². The Morgan fingerprint density at radius 1 is 1.08 bits per heavy atom. The first-order chi connectivity index (χ1) is 18.5. The summed E-state index contributed by atoms with van der Waals surface area (Å²) in [6.07, 6.45) is 5.12. The van der Waals surface area contributed by atoms with Crippen molar-refractivity contribution in [1.82, 2.24) is 25.1 Å². The number of methoxy groups -OCH3 is 1. The summed E-state index contributed by atoms with van der Waals surface area (Å²) in [5, 5.41) is 20.4. The Labute approximate surface area is 220 Å². The minimum absolute atomic E-state index is 0.400. The largest absolute Gasteiger partial charge is 0.493 e. The van der Waals surface area contributed by atoms with E-state index in [0.29, 0.717) is 17.3 Å². The fraction of sp³-hybridized carbons (Fsp3) is 0.286. The van der Waals surface area contributed by atoms with Crippen molar-refractivity contribution in [2.24, 2.45) is 0 Å². The van der Waals surface area contributed by atoms with E-state index in [2.05, 4.69) is 37.5 Å². The number of hydrogen-bond acceptors (Lipinski definition) is 8. The molecule has 2 aromatic carbocycles. The smallest absolute Gasteiger partial charge is 0.341 e. The number of piperidine rings is 1. The van der Waals surface area contributed by atoms with Crippen LogP contribution in [-0.4, -0.2) is 62.9 Å². The summed E-state index contributed by atoms with van der Waals surface area (Å²) in [7, 11) is 1.55. The Balaban J connectivity index is 1.32. The lowest BCUT2D eigenvalue weighted by Gasteiger charge is -2.41. The molecule has 1 fully saturated rings. The van der Waals surface area contributed by atoms with Crippen molar-refractivity contribution in [3.8, 4) is 22.9 Å². The lowest BCUT2D eigenvalue weighted by atomic mass is 9.86. The topological polar surface area (TPSA) is 125 Å². The van der Waals surface area contributed by atoms with Crippen molar-refractivity contribution in [2.75, 3.05) is 32.1 Å². The van der Waals surface area contributed by atoms with E-state index >= 15 is 0 Å². The summed E-state index contributed by atoms with van der Waals surface area (Å²) in [5.41, 5.74) is 2.61. The van der Waals surface area contributed by atoms with Crippen LogP contribution in [-0.2, 0) is 16.9 Å². The SMILES string of the molecule is COc1cc(CN2CCC(Nc3ccccc3)(c3nc(-c4ccncc4)n[nH]3)CC2)ccc1OCC(=O)O. The van der Waals surface area contributed by atoms with Crippen LogP contribution in [0.25, 0.3) is 11.4 Å². The van der Waals surface area contributed by atoms with E-state index in [-0.39, 0.29) is 0 Å². The molecule has 196 valence electrons. The minimum Gasteiger partial charge on any atom is -0.493 e. The number of para-hydroxylation sites is 1. The number of H-pyrrole nitrogens is 1. The van der Waals surface area contributed by atoms with Crippen molar-refractivity contribution >= 4 is 11.7 Å². The third-order valence-corrected chi connectivity index (χ3v) is 6.73. The van der Waals surface area contributed by atoms with Crippen molar-refractivity contribution in [1.29, 1.82) is 0 Å². The first-order valence-corrected chi connectivity index (χ1v) is 12.4. The van der Waals surface area contributed by atoms with Gasteiger partial charge in [0.25, 0.3) is 0 Å². The number of rotatable bonds is 10. The standard InChI is InChI=1S/C28H30N6O4/c1-37-24-17-20(7-8-23(24)38-19-25(35)36)18-34-15-11-28(12-16-34,31-22-5-3-2-4-6-22)27-30-26(32-33-27)21-9-13-29-14-10-21/h2-10,13-14,17,31H,11-12,15-16,18-19H2,1H3,(H,35,36)(H,30,32,33). The molecule has 3 heterocycles. The van der Waals surface area contributed by atoms with Crippen molar-refractivity contribution in [3.63, 3.8) is 0 Å². The number of carboxylic acids is 1. The molecule has 1 saturated heterocycles. The molecular formula is C28H30N6O4. The predicted octanol–water partition coefficient (Wildman–Crippen LogP) is 3.94. The van der Waals surface area contributed by atoms with E-state index in [1.165, 1.54) is 0 Å². The molecule has 0 atom stereocenters. The van der Waals surface area contributed by atoms with E-state index < -0.39 is 18.1 Å². The number of likely N-dealkylation sites (tertiary alicyclic amines) is 1. The Morgan fingerprint density at radius 2 is 1.84 bits per heavy atom. The highest BCUT2D eigenvalue weighted by Crippen LogP contribution is 2.36. The zero-order valence-corrected chi connectivity index (χ0v) is 21.1. The second-order valence-corrected chi connectivity index (χ2v) is 9.26. The van der Waals surface area contributed by atoms with E-state index in [0.717, 1.165) is 55.1 Å². The van der Waals surface area contributed by atoms with E-state index in [1.54, 1.807) is 25.6 Å². The third-order valence-electron chi connectivity index (χ3n) is 6.73. The van der Waals surface area contributed by atoms with Gasteiger partial charge in [0.2, 0.25) is 0 Å². The fourth-order valence-corrected chi connectivity index (χ4v) is 4.74. The highest BCUT2D eigenvalue weighted by molar-refractivity contribution is 5.68. The molecule has 3 N–H and O–H groups in total. The molecular weight excluding hydrogens is 484 g/mol. The number of hydrogen-bond donors (Lipinski definition) is 3. The van der Waals surface area contributed by atoms with Gasteiger partial charge in [-0.2, -0.15) is 5.10 Å². The number of aliphatic carboxylic acids is 1. The summed E-state index contributed by atoms with van der Waals surface area (Å²) < 4.78 is 10.8. The van der Waals surface area contributed by atoms with Crippen LogP contribution in [0.3, 0.4) is 0 Å². The lowest BCUT2D eigenvalue weighted by molar-refractivity contribution is -0.139. The molecule has 0 unspecified atom stereocenters. The number of aromatic amines is 1. The van der Waals surface area contributed by atoms with Crippen LogP contribution in [0.15, 0.2) is 73.1 Å². The van der Waals surface area contributed by atoms with Gasteiger partial charge in [-0.05, 0) is 54.8 Å². The van der Waals surface area contributed by atoms with Crippen LogP contribution in [0.2, 0.25) is 0 Å². The van der Waals surface area contributed by atoms with Gasteiger partial charge >= 0.3 is 5.97 Å². The van der Waals surface area contributed by atoms with Crippen LogP contribution < -0.4 is 14.8 Å². The minimum atomic E-state index is -1.03. The first kappa shape index (κ1) is 25.2. The zero-order valence-electron chi connectivity index (χ0n) is 21.1. The van der Waals surface area contributed by atoms with Crippen LogP contribution in [0, 0.1) is 0 Å². The molecule has 1 aliphatic heterocycles. The Hall–Kier alpha value is -4.44. The number of ether oxygens (including phenoxy) is 2. The number of carbonyl (C=O) groups is 1. The first-order valence-electron chi connectivity index (χ1n) is 12.4. The third kappa shape index (κ3) is 5.76. The molecule has 0 amide bonds. The number of carboxylic acid groups (broad SMARTS) is 1. The summed E-state index contributed by atoms with van der Waals surface area (Å²) in [6, 6.07) is 19.6. The van der Waals surface area contributed by atoms with E-state index in [4.69, 9.17) is 19.6 Å². The summed E-state index contributed by atoms with van der Waals surface area (Å²) in [4.78, 5) is 22.2. The van der Waals surface area contributed by atoms with Gasteiger partial charge in [0, 0.05) is 43.3 Å². The van der Waals surface area contributed by atoms with Crippen LogP contribution in [0.4, 0.5) is 5.69 Å². The van der Waals surface area contributed by atoms with E-state index in [9.17, 15) is 4.79 Å². The molecule has 0 radical (unpaired) electrons. The van der Waals surface area contributed by atoms with Gasteiger partial charge in [-0.1, -0.05) is 24.3 Å². The molecule has 5 rings (SSSR count). The van der Waals surface area contributed by atoms with Gasteiger partial charge in [0.15, 0.2) is 29.8 Å².